The molecular formula is C17H28N2. The summed E-state index contributed by atoms with van der Waals surface area (Å²) in [4.78, 5) is 2.66. The zero-order chi connectivity index (χ0) is 13.8. The van der Waals surface area contributed by atoms with Crippen molar-refractivity contribution in [3.05, 3.63) is 35.4 Å². The minimum atomic E-state index is 0.632. The van der Waals surface area contributed by atoms with E-state index in [1.807, 2.05) is 0 Å². The number of hydrogen-bond donors (Lipinski definition) is 1. The summed E-state index contributed by atoms with van der Waals surface area (Å²) in [6.07, 6.45) is 1.23. The van der Waals surface area contributed by atoms with Gasteiger partial charge in [0, 0.05) is 31.7 Å². The first-order valence-electron chi connectivity index (χ1n) is 7.63. The van der Waals surface area contributed by atoms with Crippen LogP contribution in [0.1, 0.15) is 38.3 Å². The average molecular weight is 260 g/mol. The van der Waals surface area contributed by atoms with Gasteiger partial charge >= 0.3 is 0 Å². The zero-order valence-corrected chi connectivity index (χ0v) is 12.8. The Morgan fingerprint density at radius 2 is 2.16 bits per heavy atom. The van der Waals surface area contributed by atoms with Crippen LogP contribution in [0.5, 0.6) is 0 Å². The van der Waals surface area contributed by atoms with E-state index in [4.69, 9.17) is 0 Å². The molecule has 0 spiro atoms. The first-order valence-corrected chi connectivity index (χ1v) is 7.63. The fraction of sp³-hybridized carbons (Fsp3) is 0.647. The van der Waals surface area contributed by atoms with Crippen LogP contribution in [-0.4, -0.2) is 30.1 Å². The molecule has 19 heavy (non-hydrogen) atoms. The van der Waals surface area contributed by atoms with Crippen molar-refractivity contribution in [1.29, 1.82) is 0 Å². The molecule has 1 fully saturated rings. The molecule has 106 valence electrons. The highest BCUT2D eigenvalue weighted by Gasteiger charge is 2.28. The van der Waals surface area contributed by atoms with Gasteiger partial charge in [-0.15, -0.1) is 0 Å². The van der Waals surface area contributed by atoms with Crippen molar-refractivity contribution in [2.75, 3.05) is 13.1 Å². The van der Waals surface area contributed by atoms with Crippen molar-refractivity contribution in [1.82, 2.24) is 10.2 Å². The second-order valence-corrected chi connectivity index (χ2v) is 6.24. The van der Waals surface area contributed by atoms with E-state index in [-0.39, 0.29) is 0 Å². The Kier molecular flexibility index (Phi) is 5.00. The zero-order valence-electron chi connectivity index (χ0n) is 12.8. The topological polar surface area (TPSA) is 15.3 Å². The molecule has 1 aromatic carbocycles. The van der Waals surface area contributed by atoms with Crippen LogP contribution in [0.25, 0.3) is 0 Å². The first kappa shape index (κ1) is 14.5. The van der Waals surface area contributed by atoms with Crippen molar-refractivity contribution in [2.24, 2.45) is 5.92 Å². The van der Waals surface area contributed by atoms with Gasteiger partial charge in [0.1, 0.15) is 0 Å². The highest BCUT2D eigenvalue weighted by molar-refractivity contribution is 5.22. The maximum absolute atomic E-state index is 3.71. The molecule has 0 saturated carbocycles. The lowest BCUT2D eigenvalue weighted by molar-refractivity contribution is 0.103. The van der Waals surface area contributed by atoms with Gasteiger partial charge in [-0.1, -0.05) is 50.6 Å². The number of hydrogen-bond acceptors (Lipinski definition) is 2. The standard InChI is InChI=1S/C17H28N2/c1-5-16-10-18-17(13(2)3)12-19(16)11-15-8-6-7-14(4)9-15/h6-9,13,16-18H,5,10-12H2,1-4H3. The van der Waals surface area contributed by atoms with Crippen molar-refractivity contribution >= 4 is 0 Å². The molecule has 1 saturated heterocycles. The molecule has 1 aliphatic rings. The van der Waals surface area contributed by atoms with E-state index in [2.05, 4.69) is 62.2 Å². The monoisotopic (exact) mass is 260 g/mol. The summed E-state index contributed by atoms with van der Waals surface area (Å²) in [5.41, 5.74) is 2.81. The molecule has 0 bridgehead atoms. The Hall–Kier alpha value is -0.860. The molecule has 2 unspecified atom stereocenters. The molecule has 1 aliphatic heterocycles. The third-order valence-electron chi connectivity index (χ3n) is 4.31. The summed E-state index contributed by atoms with van der Waals surface area (Å²) in [5.74, 6) is 0.706. The van der Waals surface area contributed by atoms with E-state index in [0.29, 0.717) is 18.0 Å². The number of benzene rings is 1. The molecule has 2 atom stereocenters. The summed E-state index contributed by atoms with van der Waals surface area (Å²) >= 11 is 0. The summed E-state index contributed by atoms with van der Waals surface area (Å²) in [5, 5.41) is 3.71. The van der Waals surface area contributed by atoms with E-state index < -0.39 is 0 Å². The number of aryl methyl sites for hydroxylation is 1. The van der Waals surface area contributed by atoms with Gasteiger partial charge in [-0.3, -0.25) is 4.90 Å². The van der Waals surface area contributed by atoms with Crippen molar-refractivity contribution in [3.63, 3.8) is 0 Å². The van der Waals surface area contributed by atoms with Crippen LogP contribution in [-0.2, 0) is 6.54 Å². The summed E-state index contributed by atoms with van der Waals surface area (Å²) in [7, 11) is 0. The molecule has 0 aromatic heterocycles. The van der Waals surface area contributed by atoms with Crippen LogP contribution in [0, 0.1) is 12.8 Å². The van der Waals surface area contributed by atoms with Gasteiger partial charge in [-0.2, -0.15) is 0 Å². The van der Waals surface area contributed by atoms with Crippen LogP contribution in [0.3, 0.4) is 0 Å². The number of piperazine rings is 1. The van der Waals surface area contributed by atoms with Gasteiger partial charge < -0.3 is 5.32 Å². The molecule has 2 nitrogen and oxygen atoms in total. The summed E-state index contributed by atoms with van der Waals surface area (Å²) in [6.45, 7) is 12.5. The number of rotatable bonds is 4. The predicted octanol–water partition coefficient (Wildman–Crippen LogP) is 3.20. The van der Waals surface area contributed by atoms with Gasteiger partial charge in [0.05, 0.1) is 0 Å². The number of nitrogens with one attached hydrogen (secondary N) is 1. The van der Waals surface area contributed by atoms with Crippen LogP contribution >= 0.6 is 0 Å². The second kappa shape index (κ2) is 6.53. The van der Waals surface area contributed by atoms with E-state index in [1.165, 1.54) is 24.1 Å². The molecule has 1 heterocycles. The third-order valence-corrected chi connectivity index (χ3v) is 4.31. The van der Waals surface area contributed by atoms with Gasteiger partial charge in [0.25, 0.3) is 0 Å². The van der Waals surface area contributed by atoms with E-state index in [9.17, 15) is 0 Å². The van der Waals surface area contributed by atoms with Gasteiger partial charge in [-0.25, -0.2) is 0 Å². The minimum absolute atomic E-state index is 0.632. The van der Waals surface area contributed by atoms with E-state index in [1.54, 1.807) is 0 Å². The predicted molar refractivity (Wildman–Crippen MR) is 82.3 cm³/mol. The smallest absolute Gasteiger partial charge is 0.0237 e. The SMILES string of the molecule is CCC1CNC(C(C)C)CN1Cc1cccc(C)c1. The van der Waals surface area contributed by atoms with Crippen LogP contribution in [0.4, 0.5) is 0 Å². The molecule has 0 amide bonds. The van der Waals surface area contributed by atoms with Gasteiger partial charge in [-0.05, 0) is 24.8 Å². The van der Waals surface area contributed by atoms with Gasteiger partial charge in [0.2, 0.25) is 0 Å². The van der Waals surface area contributed by atoms with Crippen molar-refractivity contribution in [2.45, 2.75) is 52.7 Å². The van der Waals surface area contributed by atoms with E-state index >= 15 is 0 Å². The van der Waals surface area contributed by atoms with Crippen molar-refractivity contribution < 1.29 is 0 Å². The largest absolute Gasteiger partial charge is 0.311 e. The van der Waals surface area contributed by atoms with Crippen molar-refractivity contribution in [3.8, 4) is 0 Å². The molecule has 0 radical (unpaired) electrons. The fourth-order valence-electron chi connectivity index (χ4n) is 2.97. The molecule has 1 N–H and O–H groups in total. The normalized spacial score (nSPS) is 24.9. The Morgan fingerprint density at radius 1 is 1.37 bits per heavy atom. The molecular weight excluding hydrogens is 232 g/mol. The summed E-state index contributed by atoms with van der Waals surface area (Å²) in [6, 6.07) is 10.2. The van der Waals surface area contributed by atoms with Crippen LogP contribution in [0.15, 0.2) is 24.3 Å². The third kappa shape index (κ3) is 3.80. The fourth-order valence-corrected chi connectivity index (χ4v) is 2.97. The lowest BCUT2D eigenvalue weighted by Gasteiger charge is -2.41. The highest BCUT2D eigenvalue weighted by Crippen LogP contribution is 2.18. The lowest BCUT2D eigenvalue weighted by Crippen LogP contribution is -2.57. The minimum Gasteiger partial charge on any atom is -0.311 e. The average Bonchev–Trinajstić information content (AvgIpc) is 2.38. The molecule has 2 rings (SSSR count). The molecule has 0 aliphatic carbocycles. The Morgan fingerprint density at radius 3 is 2.79 bits per heavy atom. The Balaban J connectivity index is 2.06. The summed E-state index contributed by atoms with van der Waals surface area (Å²) < 4.78 is 0. The highest BCUT2D eigenvalue weighted by atomic mass is 15.2. The van der Waals surface area contributed by atoms with Crippen LogP contribution < -0.4 is 5.32 Å². The van der Waals surface area contributed by atoms with E-state index in [0.717, 1.165) is 13.1 Å². The quantitative estimate of drug-likeness (QED) is 0.894. The Labute approximate surface area is 118 Å². The molecule has 2 heteroatoms. The maximum atomic E-state index is 3.71. The number of nitrogens with zero attached hydrogens (tertiary/aromatic N) is 1. The lowest BCUT2D eigenvalue weighted by atomic mass is 9.97. The van der Waals surface area contributed by atoms with Gasteiger partial charge in [0.15, 0.2) is 0 Å². The maximum Gasteiger partial charge on any atom is 0.0237 e. The van der Waals surface area contributed by atoms with Crippen LogP contribution in [0.2, 0.25) is 0 Å². The molecule has 1 aromatic rings. The first-order chi connectivity index (χ1) is 9.10. The Bertz CT molecular complexity index is 400. The second-order valence-electron chi connectivity index (χ2n) is 6.24.